The summed E-state index contributed by atoms with van der Waals surface area (Å²) < 4.78 is 12.5. The molecule has 0 atom stereocenters. The molecular weight excluding hydrogens is 460 g/mol. The monoisotopic (exact) mass is 486 g/mol. The van der Waals surface area contributed by atoms with Gasteiger partial charge in [0, 0.05) is 24.2 Å². The van der Waals surface area contributed by atoms with Crippen molar-refractivity contribution in [2.45, 2.75) is 31.5 Å². The van der Waals surface area contributed by atoms with Gasteiger partial charge in [-0.05, 0) is 11.5 Å². The number of anilines is 1. The molecule has 0 aliphatic heterocycles. The van der Waals surface area contributed by atoms with E-state index in [1.54, 1.807) is 18.2 Å². The van der Waals surface area contributed by atoms with E-state index >= 15 is 0 Å². The number of amides is 1. The Morgan fingerprint density at radius 3 is 2.48 bits per heavy atom. The summed E-state index contributed by atoms with van der Waals surface area (Å²) in [5.74, 6) is 1.99. The molecule has 1 amide bonds. The second-order valence-corrected chi connectivity index (χ2v) is 8.86. The zero-order valence-electron chi connectivity index (χ0n) is 19.1. The number of allylic oxidation sites excluding steroid dienone is 1. The molecule has 0 aliphatic carbocycles. The smallest absolute Gasteiger partial charge is 0.234 e. The largest absolute Gasteiger partial charge is 0.495 e. The second-order valence-electron chi connectivity index (χ2n) is 7.51. The number of hydrogen-bond donors (Lipinski definition) is 1. The summed E-state index contributed by atoms with van der Waals surface area (Å²) >= 11 is 7.43. The number of ether oxygens (including phenoxy) is 2. The number of benzene rings is 2. The molecule has 3 aromatic rings. The van der Waals surface area contributed by atoms with Gasteiger partial charge in [0.25, 0.3) is 0 Å². The van der Waals surface area contributed by atoms with Crippen LogP contribution in [-0.4, -0.2) is 40.6 Å². The van der Waals surface area contributed by atoms with Crippen LogP contribution in [-0.2, 0) is 11.3 Å². The van der Waals surface area contributed by atoms with Crippen LogP contribution in [0.25, 0.3) is 11.4 Å². The van der Waals surface area contributed by atoms with Crippen molar-refractivity contribution in [2.75, 3.05) is 25.3 Å². The average molecular weight is 487 g/mol. The van der Waals surface area contributed by atoms with Gasteiger partial charge in [0.15, 0.2) is 11.0 Å². The van der Waals surface area contributed by atoms with Gasteiger partial charge in [0.1, 0.15) is 11.5 Å². The van der Waals surface area contributed by atoms with Gasteiger partial charge in [-0.1, -0.05) is 67.6 Å². The zero-order valence-corrected chi connectivity index (χ0v) is 20.7. The summed E-state index contributed by atoms with van der Waals surface area (Å²) in [7, 11) is 3.02. The number of aromatic nitrogens is 3. The molecule has 2 aromatic carbocycles. The van der Waals surface area contributed by atoms with Crippen molar-refractivity contribution in [1.82, 2.24) is 14.8 Å². The van der Waals surface area contributed by atoms with Crippen LogP contribution < -0.4 is 14.8 Å². The normalized spacial score (nSPS) is 10.8. The Morgan fingerprint density at radius 2 is 1.88 bits per heavy atom. The fourth-order valence-corrected chi connectivity index (χ4v) is 4.17. The van der Waals surface area contributed by atoms with Crippen LogP contribution in [0.1, 0.15) is 25.3 Å². The van der Waals surface area contributed by atoms with E-state index in [0.29, 0.717) is 39.8 Å². The number of carbonyl (C=O) groups excluding carboxylic acids is 1. The molecule has 0 fully saturated rings. The lowest BCUT2D eigenvalue weighted by atomic mass is 10.0. The molecule has 3 rings (SSSR count). The molecule has 33 heavy (non-hydrogen) atoms. The highest BCUT2D eigenvalue weighted by atomic mass is 35.5. The molecule has 1 N–H and O–H groups in total. The van der Waals surface area contributed by atoms with Crippen molar-refractivity contribution < 1.29 is 14.3 Å². The molecule has 7 nitrogen and oxygen atoms in total. The molecular formula is C24H27ClN4O3S. The second kappa shape index (κ2) is 11.2. The third kappa shape index (κ3) is 5.89. The van der Waals surface area contributed by atoms with E-state index in [2.05, 4.69) is 48.1 Å². The maximum Gasteiger partial charge on any atom is 0.234 e. The average Bonchev–Trinajstić information content (AvgIpc) is 3.21. The van der Waals surface area contributed by atoms with Gasteiger partial charge in [-0.25, -0.2) is 0 Å². The summed E-state index contributed by atoms with van der Waals surface area (Å²) in [6.45, 7) is 8.68. The first-order valence-corrected chi connectivity index (χ1v) is 11.7. The summed E-state index contributed by atoms with van der Waals surface area (Å²) in [5, 5.41) is 12.5. The van der Waals surface area contributed by atoms with E-state index in [0.717, 1.165) is 11.4 Å². The lowest BCUT2D eigenvalue weighted by molar-refractivity contribution is -0.113. The fraction of sp³-hybridized carbons (Fsp3) is 0.292. The number of hydrogen-bond acceptors (Lipinski definition) is 6. The lowest BCUT2D eigenvalue weighted by Crippen LogP contribution is -2.15. The van der Waals surface area contributed by atoms with Crippen LogP contribution >= 0.6 is 23.4 Å². The predicted octanol–water partition coefficient (Wildman–Crippen LogP) is 5.66. The van der Waals surface area contributed by atoms with Crippen LogP contribution in [0.5, 0.6) is 11.5 Å². The molecule has 174 valence electrons. The summed E-state index contributed by atoms with van der Waals surface area (Å²) in [6, 6.07) is 11.5. The van der Waals surface area contributed by atoms with E-state index < -0.39 is 0 Å². The standard InChI is InChI=1S/C24H27ClN4O3S/c1-6-11-29-23(17-9-7-16(8-10-17)15(2)3)27-28-24(29)33-14-22(30)26-19-13-20(31-4)18(25)12-21(19)32-5/h6-10,12-13,15H,1,11,14H2,2-5H3,(H,26,30). The Kier molecular flexibility index (Phi) is 8.41. The first kappa shape index (κ1) is 24.7. The predicted molar refractivity (Wildman–Crippen MR) is 134 cm³/mol. The van der Waals surface area contributed by atoms with Crippen LogP contribution in [0, 0.1) is 0 Å². The number of halogens is 1. The molecule has 0 radical (unpaired) electrons. The van der Waals surface area contributed by atoms with Crippen molar-refractivity contribution in [3.63, 3.8) is 0 Å². The first-order chi connectivity index (χ1) is 15.9. The van der Waals surface area contributed by atoms with Gasteiger partial charge >= 0.3 is 0 Å². The van der Waals surface area contributed by atoms with Crippen LogP contribution in [0.3, 0.4) is 0 Å². The van der Waals surface area contributed by atoms with Gasteiger partial charge in [0.05, 0.1) is 30.7 Å². The number of nitrogens with zero attached hydrogens (tertiary/aromatic N) is 3. The highest BCUT2D eigenvalue weighted by Crippen LogP contribution is 2.36. The first-order valence-electron chi connectivity index (χ1n) is 10.4. The van der Waals surface area contributed by atoms with Crippen LogP contribution in [0.2, 0.25) is 5.02 Å². The number of methoxy groups -OCH3 is 2. The quantitative estimate of drug-likeness (QED) is 0.294. The van der Waals surface area contributed by atoms with Crippen molar-refractivity contribution in [1.29, 1.82) is 0 Å². The minimum absolute atomic E-state index is 0.135. The van der Waals surface area contributed by atoms with Gasteiger partial charge in [-0.3, -0.25) is 9.36 Å². The number of rotatable bonds is 10. The van der Waals surface area contributed by atoms with E-state index in [1.807, 2.05) is 16.7 Å². The highest BCUT2D eigenvalue weighted by molar-refractivity contribution is 7.99. The summed E-state index contributed by atoms with van der Waals surface area (Å²) in [6.07, 6.45) is 1.78. The Bertz CT molecular complexity index is 1130. The molecule has 0 aliphatic rings. The molecule has 1 heterocycles. The van der Waals surface area contributed by atoms with Gasteiger partial charge in [0.2, 0.25) is 5.91 Å². The molecule has 1 aromatic heterocycles. The number of carbonyl (C=O) groups is 1. The maximum absolute atomic E-state index is 12.6. The van der Waals surface area contributed by atoms with Crippen molar-refractivity contribution in [2.24, 2.45) is 0 Å². The fourth-order valence-electron chi connectivity index (χ4n) is 3.19. The minimum atomic E-state index is -0.223. The third-order valence-corrected chi connectivity index (χ3v) is 6.21. The Balaban J connectivity index is 1.75. The van der Waals surface area contributed by atoms with E-state index in [9.17, 15) is 4.79 Å². The minimum Gasteiger partial charge on any atom is -0.495 e. The lowest BCUT2D eigenvalue weighted by Gasteiger charge is -2.13. The van der Waals surface area contributed by atoms with E-state index in [1.165, 1.54) is 31.5 Å². The zero-order chi connectivity index (χ0) is 24.0. The third-order valence-electron chi connectivity index (χ3n) is 4.94. The van der Waals surface area contributed by atoms with Gasteiger partial charge in [-0.2, -0.15) is 0 Å². The van der Waals surface area contributed by atoms with Crippen molar-refractivity contribution >= 4 is 35.0 Å². The van der Waals surface area contributed by atoms with Crippen molar-refractivity contribution in [3.8, 4) is 22.9 Å². The number of thioether (sulfide) groups is 1. The molecule has 0 saturated carbocycles. The Labute approximate surface area is 203 Å². The molecule has 0 spiro atoms. The van der Waals surface area contributed by atoms with E-state index in [-0.39, 0.29) is 11.7 Å². The number of nitrogens with one attached hydrogen (secondary N) is 1. The van der Waals surface area contributed by atoms with Crippen LogP contribution in [0.4, 0.5) is 5.69 Å². The molecule has 0 unspecified atom stereocenters. The maximum atomic E-state index is 12.6. The summed E-state index contributed by atoms with van der Waals surface area (Å²) in [4.78, 5) is 12.6. The Hall–Kier alpha value is -2.97. The van der Waals surface area contributed by atoms with Gasteiger partial charge in [-0.15, -0.1) is 16.8 Å². The van der Waals surface area contributed by atoms with E-state index in [4.69, 9.17) is 21.1 Å². The molecule has 0 saturated heterocycles. The molecule has 0 bridgehead atoms. The summed E-state index contributed by atoms with van der Waals surface area (Å²) in [5.41, 5.74) is 2.69. The highest BCUT2D eigenvalue weighted by Gasteiger charge is 2.17. The van der Waals surface area contributed by atoms with Gasteiger partial charge < -0.3 is 14.8 Å². The van der Waals surface area contributed by atoms with Crippen LogP contribution in [0.15, 0.2) is 54.2 Å². The Morgan fingerprint density at radius 1 is 1.18 bits per heavy atom. The SMILES string of the molecule is C=CCn1c(SCC(=O)Nc2cc(OC)c(Cl)cc2OC)nnc1-c1ccc(C(C)C)cc1. The molecule has 9 heteroatoms. The van der Waals surface area contributed by atoms with Crippen molar-refractivity contribution in [3.05, 3.63) is 59.6 Å². The topological polar surface area (TPSA) is 78.3 Å².